The first kappa shape index (κ1) is 22.8. The van der Waals surface area contributed by atoms with E-state index in [0.29, 0.717) is 17.5 Å². The fraction of sp³-hybridized carbons (Fsp3) is 0.667. The van der Waals surface area contributed by atoms with Gasteiger partial charge in [-0.3, -0.25) is 4.99 Å². The van der Waals surface area contributed by atoms with Gasteiger partial charge in [-0.25, -0.2) is 0 Å². The molecule has 0 saturated carbocycles. The first-order valence-corrected chi connectivity index (χ1v) is 10.6. The van der Waals surface area contributed by atoms with Crippen LogP contribution in [0.4, 0.5) is 0 Å². The molecule has 6 nitrogen and oxygen atoms in total. The van der Waals surface area contributed by atoms with E-state index >= 15 is 0 Å². The van der Waals surface area contributed by atoms with E-state index in [1.165, 1.54) is 12.8 Å². The molecular formula is C21H35ClN4O2. The highest BCUT2D eigenvalue weighted by molar-refractivity contribution is 6.32. The number of para-hydroxylation sites is 1. The van der Waals surface area contributed by atoms with Crippen molar-refractivity contribution in [1.29, 1.82) is 0 Å². The van der Waals surface area contributed by atoms with Crippen LogP contribution in [0.25, 0.3) is 0 Å². The summed E-state index contributed by atoms with van der Waals surface area (Å²) in [5, 5.41) is 7.49. The number of piperidine rings is 1. The van der Waals surface area contributed by atoms with Gasteiger partial charge in [-0.15, -0.1) is 0 Å². The minimum atomic E-state index is 0.0301. The summed E-state index contributed by atoms with van der Waals surface area (Å²) in [5.74, 6) is 2.22. The molecular weight excluding hydrogens is 376 g/mol. The van der Waals surface area contributed by atoms with Crippen LogP contribution in [-0.2, 0) is 4.74 Å². The number of methoxy groups -OCH3 is 1. The van der Waals surface area contributed by atoms with Crippen LogP contribution < -0.4 is 15.4 Å². The number of likely N-dealkylation sites (tertiary alicyclic amines) is 1. The summed E-state index contributed by atoms with van der Waals surface area (Å²) < 4.78 is 11.2. The fourth-order valence-corrected chi connectivity index (χ4v) is 3.48. The van der Waals surface area contributed by atoms with Gasteiger partial charge in [0.05, 0.1) is 18.2 Å². The molecule has 1 aliphatic heterocycles. The largest absolute Gasteiger partial charge is 0.487 e. The number of aliphatic imine (C=N–C) groups is 1. The zero-order valence-electron chi connectivity index (χ0n) is 17.4. The molecule has 1 aromatic rings. The molecule has 1 aliphatic rings. The van der Waals surface area contributed by atoms with Gasteiger partial charge < -0.3 is 25.0 Å². The molecule has 1 unspecified atom stereocenters. The molecule has 7 heteroatoms. The second kappa shape index (κ2) is 12.9. The Morgan fingerprint density at radius 3 is 2.68 bits per heavy atom. The van der Waals surface area contributed by atoms with E-state index in [9.17, 15) is 0 Å². The Kier molecular flexibility index (Phi) is 10.5. The van der Waals surface area contributed by atoms with Crippen LogP contribution in [0.15, 0.2) is 29.3 Å². The number of ether oxygens (including phenoxy) is 2. The molecule has 0 amide bonds. The van der Waals surface area contributed by atoms with Gasteiger partial charge in [0.15, 0.2) is 5.96 Å². The molecule has 0 aromatic heterocycles. The van der Waals surface area contributed by atoms with Gasteiger partial charge in [0.25, 0.3) is 0 Å². The van der Waals surface area contributed by atoms with Crippen molar-refractivity contribution in [3.05, 3.63) is 29.3 Å². The lowest BCUT2D eigenvalue weighted by Crippen LogP contribution is -2.45. The molecule has 0 radical (unpaired) electrons. The number of guanidine groups is 1. The average molecular weight is 411 g/mol. The SMILES string of the molecule is CCC(CNC(=NC)NCC1CCN(CCOC)CC1)Oc1ccccc1Cl. The summed E-state index contributed by atoms with van der Waals surface area (Å²) in [6, 6.07) is 7.58. The Balaban J connectivity index is 1.70. The molecule has 0 bridgehead atoms. The van der Waals surface area contributed by atoms with Crippen LogP contribution in [0.5, 0.6) is 5.75 Å². The van der Waals surface area contributed by atoms with E-state index in [4.69, 9.17) is 21.1 Å². The van der Waals surface area contributed by atoms with Crippen LogP contribution in [-0.4, -0.2) is 70.5 Å². The van der Waals surface area contributed by atoms with Gasteiger partial charge in [0.1, 0.15) is 11.9 Å². The summed E-state index contributed by atoms with van der Waals surface area (Å²) in [4.78, 5) is 6.82. The first-order chi connectivity index (χ1) is 13.7. The van der Waals surface area contributed by atoms with E-state index in [-0.39, 0.29) is 6.10 Å². The molecule has 1 aromatic carbocycles. The summed E-state index contributed by atoms with van der Waals surface area (Å²) in [6.45, 7) is 7.86. The Bertz CT molecular complexity index is 592. The lowest BCUT2D eigenvalue weighted by Gasteiger charge is -2.32. The molecule has 158 valence electrons. The predicted molar refractivity (Wildman–Crippen MR) is 117 cm³/mol. The highest BCUT2D eigenvalue weighted by Crippen LogP contribution is 2.24. The van der Waals surface area contributed by atoms with Crippen molar-refractivity contribution < 1.29 is 9.47 Å². The number of nitrogens with zero attached hydrogens (tertiary/aromatic N) is 2. The third-order valence-electron chi connectivity index (χ3n) is 5.18. The summed E-state index contributed by atoms with van der Waals surface area (Å²) in [7, 11) is 3.57. The van der Waals surface area contributed by atoms with Gasteiger partial charge in [0.2, 0.25) is 0 Å². The molecule has 28 heavy (non-hydrogen) atoms. The van der Waals surface area contributed by atoms with Crippen LogP contribution in [0, 0.1) is 5.92 Å². The molecule has 0 aliphatic carbocycles. The third kappa shape index (κ3) is 7.86. The summed E-state index contributed by atoms with van der Waals surface area (Å²) in [5.41, 5.74) is 0. The first-order valence-electron chi connectivity index (χ1n) is 10.2. The Morgan fingerprint density at radius 1 is 1.29 bits per heavy atom. The molecule has 0 spiro atoms. The van der Waals surface area contributed by atoms with Gasteiger partial charge in [0, 0.05) is 27.2 Å². The Labute approximate surface area is 174 Å². The number of hydrogen-bond donors (Lipinski definition) is 2. The van der Waals surface area contributed by atoms with Crippen molar-refractivity contribution in [3.63, 3.8) is 0 Å². The lowest BCUT2D eigenvalue weighted by atomic mass is 9.97. The van der Waals surface area contributed by atoms with Crippen molar-refractivity contribution in [2.45, 2.75) is 32.3 Å². The van der Waals surface area contributed by atoms with Crippen LogP contribution >= 0.6 is 11.6 Å². The zero-order chi connectivity index (χ0) is 20.2. The lowest BCUT2D eigenvalue weighted by molar-refractivity contribution is 0.120. The number of benzene rings is 1. The monoisotopic (exact) mass is 410 g/mol. The maximum absolute atomic E-state index is 6.20. The Morgan fingerprint density at radius 2 is 2.04 bits per heavy atom. The van der Waals surface area contributed by atoms with Gasteiger partial charge in [-0.1, -0.05) is 30.7 Å². The quantitative estimate of drug-likeness (QED) is 0.458. The standard InChI is InChI=1S/C21H35ClN4O2/c1-4-18(28-20-8-6-5-7-19(20)22)16-25-21(23-2)24-15-17-9-11-26(12-10-17)13-14-27-3/h5-8,17-18H,4,9-16H2,1-3H3,(H2,23,24,25). The topological polar surface area (TPSA) is 58.1 Å². The normalized spacial score (nSPS) is 17.4. The van der Waals surface area contributed by atoms with Crippen LogP contribution in [0.3, 0.4) is 0 Å². The van der Waals surface area contributed by atoms with E-state index < -0.39 is 0 Å². The second-order valence-corrected chi connectivity index (χ2v) is 7.60. The van der Waals surface area contributed by atoms with Gasteiger partial charge >= 0.3 is 0 Å². The van der Waals surface area contributed by atoms with Crippen molar-refractivity contribution in [1.82, 2.24) is 15.5 Å². The second-order valence-electron chi connectivity index (χ2n) is 7.19. The number of hydrogen-bond acceptors (Lipinski definition) is 4. The van der Waals surface area contributed by atoms with E-state index in [1.807, 2.05) is 24.3 Å². The Hall–Kier alpha value is -1.50. The molecule has 1 atom stereocenters. The maximum atomic E-state index is 6.20. The molecule has 1 heterocycles. The minimum Gasteiger partial charge on any atom is -0.487 e. The zero-order valence-corrected chi connectivity index (χ0v) is 18.2. The average Bonchev–Trinajstić information content (AvgIpc) is 2.73. The van der Waals surface area contributed by atoms with Crippen LogP contribution in [0.2, 0.25) is 5.02 Å². The van der Waals surface area contributed by atoms with Gasteiger partial charge in [-0.05, 0) is 50.4 Å². The van der Waals surface area contributed by atoms with Crippen molar-refractivity contribution in [2.75, 3.05) is 53.5 Å². The van der Waals surface area contributed by atoms with Crippen LogP contribution in [0.1, 0.15) is 26.2 Å². The summed E-state index contributed by atoms with van der Waals surface area (Å²) >= 11 is 6.20. The molecule has 2 rings (SSSR count). The summed E-state index contributed by atoms with van der Waals surface area (Å²) in [6.07, 6.45) is 3.33. The van der Waals surface area contributed by atoms with Crippen molar-refractivity contribution in [3.8, 4) is 5.75 Å². The maximum Gasteiger partial charge on any atom is 0.191 e. The van der Waals surface area contributed by atoms with Crippen molar-refractivity contribution in [2.24, 2.45) is 10.9 Å². The fourth-order valence-electron chi connectivity index (χ4n) is 3.30. The highest BCUT2D eigenvalue weighted by atomic mass is 35.5. The van der Waals surface area contributed by atoms with E-state index in [1.54, 1.807) is 14.2 Å². The molecule has 2 N–H and O–H groups in total. The third-order valence-corrected chi connectivity index (χ3v) is 5.50. The smallest absolute Gasteiger partial charge is 0.191 e. The number of rotatable bonds is 10. The molecule has 1 fully saturated rings. The number of halogens is 1. The predicted octanol–water partition coefficient (Wildman–Crippen LogP) is 3.02. The minimum absolute atomic E-state index is 0.0301. The van der Waals surface area contributed by atoms with E-state index in [2.05, 4.69) is 27.4 Å². The highest BCUT2D eigenvalue weighted by Gasteiger charge is 2.19. The van der Waals surface area contributed by atoms with Gasteiger partial charge in [-0.2, -0.15) is 0 Å². The molecule has 1 saturated heterocycles. The number of nitrogens with one attached hydrogen (secondary N) is 2. The van der Waals surface area contributed by atoms with Crippen molar-refractivity contribution >= 4 is 17.6 Å². The van der Waals surface area contributed by atoms with E-state index in [0.717, 1.165) is 50.9 Å².